The van der Waals surface area contributed by atoms with Gasteiger partial charge < -0.3 is 9.64 Å². The number of likely N-dealkylation sites (tertiary alicyclic amines) is 1. The molecule has 0 aromatic carbocycles. The number of nitrogens with zero attached hydrogens (tertiary/aromatic N) is 2. The van der Waals surface area contributed by atoms with E-state index in [1.165, 1.54) is 4.88 Å². The summed E-state index contributed by atoms with van der Waals surface area (Å²) in [7, 11) is 0. The third kappa shape index (κ3) is 4.01. The zero-order valence-electron chi connectivity index (χ0n) is 11.7. The van der Waals surface area contributed by atoms with Crippen molar-refractivity contribution in [3.63, 3.8) is 0 Å². The van der Waals surface area contributed by atoms with E-state index in [2.05, 4.69) is 16.8 Å². The zero-order valence-corrected chi connectivity index (χ0v) is 12.5. The van der Waals surface area contributed by atoms with Crippen LogP contribution in [0, 0.1) is 12.8 Å². The molecule has 1 aromatic rings. The molecule has 1 aromatic heterocycles. The Labute approximate surface area is 118 Å². The summed E-state index contributed by atoms with van der Waals surface area (Å²) >= 11 is 1.72. The zero-order chi connectivity index (χ0) is 13.7. The quantitative estimate of drug-likeness (QED) is 0.777. The van der Waals surface area contributed by atoms with Crippen molar-refractivity contribution >= 4 is 17.3 Å². The summed E-state index contributed by atoms with van der Waals surface area (Å²) in [6, 6.07) is 0. The Bertz CT molecular complexity index is 419. The summed E-state index contributed by atoms with van der Waals surface area (Å²) in [5.41, 5.74) is 3.05. The van der Waals surface area contributed by atoms with Gasteiger partial charge in [0.15, 0.2) is 0 Å². The molecule has 0 saturated carbocycles. The molecule has 0 aliphatic carbocycles. The van der Waals surface area contributed by atoms with Gasteiger partial charge in [-0.15, -0.1) is 11.3 Å². The fourth-order valence-corrected chi connectivity index (χ4v) is 3.31. The lowest BCUT2D eigenvalue weighted by molar-refractivity contribution is -0.149. The summed E-state index contributed by atoms with van der Waals surface area (Å²) in [6.07, 6.45) is 3.09. The highest BCUT2D eigenvalue weighted by Crippen LogP contribution is 2.19. The second kappa shape index (κ2) is 7.01. The fraction of sp³-hybridized carbons (Fsp3) is 0.714. The molecular weight excluding hydrogens is 260 g/mol. The van der Waals surface area contributed by atoms with E-state index in [0.29, 0.717) is 6.61 Å². The van der Waals surface area contributed by atoms with E-state index in [1.54, 1.807) is 11.3 Å². The Morgan fingerprint density at radius 1 is 1.63 bits per heavy atom. The van der Waals surface area contributed by atoms with Gasteiger partial charge in [-0.1, -0.05) is 0 Å². The second-order valence-corrected chi connectivity index (χ2v) is 5.94. The minimum absolute atomic E-state index is 0.0267. The van der Waals surface area contributed by atoms with E-state index < -0.39 is 0 Å². The maximum atomic E-state index is 11.8. The monoisotopic (exact) mass is 282 g/mol. The van der Waals surface area contributed by atoms with Gasteiger partial charge in [0.2, 0.25) is 0 Å². The topological polar surface area (TPSA) is 42.4 Å². The van der Waals surface area contributed by atoms with Crippen LogP contribution in [0.3, 0.4) is 0 Å². The Morgan fingerprint density at radius 2 is 2.47 bits per heavy atom. The molecule has 4 nitrogen and oxygen atoms in total. The fourth-order valence-electron chi connectivity index (χ4n) is 2.54. The minimum atomic E-state index is -0.0267. The van der Waals surface area contributed by atoms with Crippen molar-refractivity contribution in [3.05, 3.63) is 16.1 Å². The van der Waals surface area contributed by atoms with E-state index in [4.69, 9.17) is 4.74 Å². The summed E-state index contributed by atoms with van der Waals surface area (Å²) in [4.78, 5) is 19.8. The van der Waals surface area contributed by atoms with Gasteiger partial charge in [-0.25, -0.2) is 4.98 Å². The van der Waals surface area contributed by atoms with Crippen molar-refractivity contribution in [2.75, 3.05) is 26.2 Å². The number of carbonyl (C=O) groups is 1. The molecule has 1 unspecified atom stereocenters. The lowest BCUT2D eigenvalue weighted by atomic mass is 9.98. The molecule has 1 saturated heterocycles. The van der Waals surface area contributed by atoms with Crippen LogP contribution in [0.5, 0.6) is 0 Å². The molecule has 0 bridgehead atoms. The molecule has 1 fully saturated rings. The van der Waals surface area contributed by atoms with E-state index in [-0.39, 0.29) is 11.9 Å². The van der Waals surface area contributed by atoms with Crippen LogP contribution >= 0.6 is 11.3 Å². The van der Waals surface area contributed by atoms with E-state index in [9.17, 15) is 4.79 Å². The van der Waals surface area contributed by atoms with Crippen LogP contribution in [0.4, 0.5) is 0 Å². The van der Waals surface area contributed by atoms with E-state index in [1.807, 2.05) is 12.4 Å². The smallest absolute Gasteiger partial charge is 0.310 e. The molecule has 5 heteroatoms. The van der Waals surface area contributed by atoms with Crippen molar-refractivity contribution in [2.24, 2.45) is 5.92 Å². The molecule has 1 atom stereocenters. The molecule has 1 aliphatic rings. The van der Waals surface area contributed by atoms with Gasteiger partial charge in [0.1, 0.15) is 0 Å². The molecule has 2 heterocycles. The number of esters is 1. The van der Waals surface area contributed by atoms with Gasteiger partial charge in [0.25, 0.3) is 0 Å². The lowest BCUT2D eigenvalue weighted by Crippen LogP contribution is -2.40. The predicted octanol–water partition coefficient (Wildman–Crippen LogP) is 2.27. The van der Waals surface area contributed by atoms with Crippen LogP contribution in [-0.2, 0) is 16.0 Å². The number of aryl methyl sites for hydroxylation is 1. The first-order chi connectivity index (χ1) is 9.20. The molecule has 0 N–H and O–H groups in total. The average molecular weight is 282 g/mol. The number of hydrogen-bond acceptors (Lipinski definition) is 5. The third-order valence-electron chi connectivity index (χ3n) is 3.63. The lowest BCUT2D eigenvalue weighted by Gasteiger charge is -2.31. The third-order valence-corrected chi connectivity index (χ3v) is 4.62. The maximum absolute atomic E-state index is 11.8. The van der Waals surface area contributed by atoms with Gasteiger partial charge in [0, 0.05) is 18.0 Å². The summed E-state index contributed by atoms with van der Waals surface area (Å²) in [5.74, 6) is 0.0393. The summed E-state index contributed by atoms with van der Waals surface area (Å²) in [6.45, 7) is 7.35. The second-order valence-electron chi connectivity index (χ2n) is 5.00. The molecule has 0 radical (unpaired) electrons. The summed E-state index contributed by atoms with van der Waals surface area (Å²) in [5, 5.41) is 0. The van der Waals surface area contributed by atoms with Crippen molar-refractivity contribution in [1.82, 2.24) is 9.88 Å². The number of hydrogen-bond donors (Lipinski definition) is 0. The van der Waals surface area contributed by atoms with E-state index >= 15 is 0 Å². The number of rotatable bonds is 5. The highest BCUT2D eigenvalue weighted by molar-refractivity contribution is 7.09. The van der Waals surface area contributed by atoms with Crippen LogP contribution in [-0.4, -0.2) is 42.1 Å². The standard InChI is InChI=1S/C14H22N2O2S/c1-3-18-14(17)12-5-4-7-16(9-12)8-6-13-11(2)15-10-19-13/h10,12H,3-9H2,1-2H3. The van der Waals surface area contributed by atoms with Crippen molar-refractivity contribution < 1.29 is 9.53 Å². The molecule has 1 aliphatic heterocycles. The Hall–Kier alpha value is -0.940. The highest BCUT2D eigenvalue weighted by Gasteiger charge is 2.26. The summed E-state index contributed by atoms with van der Waals surface area (Å²) < 4.78 is 5.13. The number of carbonyl (C=O) groups excluding carboxylic acids is 1. The molecule has 19 heavy (non-hydrogen) atoms. The van der Waals surface area contributed by atoms with Crippen LogP contribution < -0.4 is 0 Å². The van der Waals surface area contributed by atoms with Crippen LogP contribution in [0.15, 0.2) is 5.51 Å². The molecule has 2 rings (SSSR count). The predicted molar refractivity (Wildman–Crippen MR) is 76.4 cm³/mol. The largest absolute Gasteiger partial charge is 0.466 e. The van der Waals surface area contributed by atoms with Gasteiger partial charge in [-0.3, -0.25) is 4.79 Å². The van der Waals surface area contributed by atoms with Gasteiger partial charge in [-0.2, -0.15) is 0 Å². The van der Waals surface area contributed by atoms with Gasteiger partial charge in [-0.05, 0) is 39.7 Å². The van der Waals surface area contributed by atoms with Crippen molar-refractivity contribution in [3.8, 4) is 0 Å². The molecular formula is C14H22N2O2S. The van der Waals surface area contributed by atoms with Crippen molar-refractivity contribution in [2.45, 2.75) is 33.1 Å². The first kappa shape index (κ1) is 14.5. The first-order valence-corrected chi connectivity index (χ1v) is 7.86. The normalized spacial score (nSPS) is 20.4. The van der Waals surface area contributed by atoms with Crippen LogP contribution in [0.25, 0.3) is 0 Å². The van der Waals surface area contributed by atoms with Crippen molar-refractivity contribution in [1.29, 1.82) is 0 Å². The molecule has 0 spiro atoms. The highest BCUT2D eigenvalue weighted by atomic mass is 32.1. The minimum Gasteiger partial charge on any atom is -0.466 e. The SMILES string of the molecule is CCOC(=O)C1CCCN(CCc2scnc2C)C1. The number of aromatic nitrogens is 1. The number of thiazole rings is 1. The van der Waals surface area contributed by atoms with Gasteiger partial charge >= 0.3 is 5.97 Å². The van der Waals surface area contributed by atoms with Crippen LogP contribution in [0.2, 0.25) is 0 Å². The first-order valence-electron chi connectivity index (χ1n) is 6.98. The average Bonchev–Trinajstić information content (AvgIpc) is 2.82. The Balaban J connectivity index is 1.81. The molecule has 106 valence electrons. The maximum Gasteiger partial charge on any atom is 0.310 e. The van der Waals surface area contributed by atoms with E-state index in [0.717, 1.165) is 44.6 Å². The Kier molecular flexibility index (Phi) is 5.34. The van der Waals surface area contributed by atoms with Gasteiger partial charge in [0.05, 0.1) is 23.7 Å². The molecule has 0 amide bonds. The number of ether oxygens (including phenoxy) is 1. The Morgan fingerprint density at radius 3 is 3.16 bits per heavy atom. The number of piperidine rings is 1. The van der Waals surface area contributed by atoms with Crippen LogP contribution in [0.1, 0.15) is 30.3 Å².